The van der Waals surface area contributed by atoms with E-state index in [0.717, 1.165) is 0 Å². The summed E-state index contributed by atoms with van der Waals surface area (Å²) >= 11 is 5.94. The van der Waals surface area contributed by atoms with Gasteiger partial charge in [-0.25, -0.2) is 21.6 Å². The van der Waals surface area contributed by atoms with E-state index < -0.39 is 31.3 Å². The highest BCUT2D eigenvalue weighted by Crippen LogP contribution is 2.28. The fraction of sp³-hybridized carbons (Fsp3) is 0.462. The van der Waals surface area contributed by atoms with Gasteiger partial charge < -0.3 is 10.1 Å². The molecule has 2 atom stereocenters. The lowest BCUT2D eigenvalue weighted by Gasteiger charge is -2.17. The molecule has 8 nitrogen and oxygen atoms in total. The lowest BCUT2D eigenvalue weighted by molar-refractivity contribution is -0.114. The number of benzene rings is 1. The second kappa shape index (κ2) is 6.87. The summed E-state index contributed by atoms with van der Waals surface area (Å²) in [5.74, 6) is -0.957. The third-order valence-electron chi connectivity index (χ3n) is 3.36. The number of hydrogen-bond donors (Lipinski definition) is 2. The number of alkyl halides is 1. The van der Waals surface area contributed by atoms with E-state index in [-0.39, 0.29) is 33.7 Å². The van der Waals surface area contributed by atoms with Crippen molar-refractivity contribution in [3.05, 3.63) is 18.2 Å². The first kappa shape index (κ1) is 19.0. The molecular weight excluding hydrogens is 380 g/mol. The molecule has 1 aromatic rings. The van der Waals surface area contributed by atoms with Crippen molar-refractivity contribution < 1.29 is 26.4 Å². The Balaban J connectivity index is 2.36. The van der Waals surface area contributed by atoms with Gasteiger partial charge in [0.2, 0.25) is 15.9 Å². The Kier molecular flexibility index (Phi) is 5.43. The van der Waals surface area contributed by atoms with Crippen LogP contribution in [0.25, 0.3) is 0 Å². The SMILES string of the molecule is COc1ccc(NC(C)=O)cc1S(=O)(=O)N[C@@H]1CS(=O)(=O)C[C@H]1Cl. The van der Waals surface area contributed by atoms with Crippen molar-refractivity contribution in [2.24, 2.45) is 0 Å². The van der Waals surface area contributed by atoms with E-state index in [1.165, 1.54) is 32.2 Å². The summed E-state index contributed by atoms with van der Waals surface area (Å²) in [6, 6.07) is 3.18. The highest BCUT2D eigenvalue weighted by atomic mass is 35.5. The number of rotatable bonds is 5. The number of hydrogen-bond acceptors (Lipinski definition) is 6. The van der Waals surface area contributed by atoms with E-state index in [1.807, 2.05) is 0 Å². The number of sulfonamides is 1. The fourth-order valence-corrected chi connectivity index (χ4v) is 6.54. The normalized spacial score (nSPS) is 23.0. The number of sulfone groups is 1. The fourth-order valence-electron chi connectivity index (χ4n) is 2.34. The quantitative estimate of drug-likeness (QED) is 0.692. The number of halogens is 1. The molecule has 11 heteroatoms. The van der Waals surface area contributed by atoms with Gasteiger partial charge in [-0.05, 0) is 18.2 Å². The molecule has 2 rings (SSSR count). The maximum Gasteiger partial charge on any atom is 0.244 e. The molecule has 0 saturated carbocycles. The summed E-state index contributed by atoms with van der Waals surface area (Å²) < 4.78 is 55.7. The van der Waals surface area contributed by atoms with Crippen LogP contribution in [-0.2, 0) is 24.7 Å². The van der Waals surface area contributed by atoms with E-state index in [9.17, 15) is 21.6 Å². The second-order valence-corrected chi connectivity index (χ2v) is 9.76. The van der Waals surface area contributed by atoms with Crippen LogP contribution in [-0.4, -0.2) is 52.8 Å². The number of ether oxygens (including phenoxy) is 1. The van der Waals surface area contributed by atoms with Gasteiger partial charge in [-0.15, -0.1) is 11.6 Å². The third-order valence-corrected chi connectivity index (χ3v) is 7.25. The minimum Gasteiger partial charge on any atom is -0.495 e. The maximum atomic E-state index is 12.6. The summed E-state index contributed by atoms with van der Waals surface area (Å²) in [6.45, 7) is 1.29. The highest BCUT2D eigenvalue weighted by molar-refractivity contribution is 7.92. The van der Waals surface area contributed by atoms with Crippen molar-refractivity contribution >= 4 is 43.1 Å². The topological polar surface area (TPSA) is 119 Å². The van der Waals surface area contributed by atoms with Crippen molar-refractivity contribution in [2.45, 2.75) is 23.2 Å². The third kappa shape index (κ3) is 4.38. The molecule has 1 aromatic carbocycles. The lowest BCUT2D eigenvalue weighted by Crippen LogP contribution is -2.40. The van der Waals surface area contributed by atoms with Crippen LogP contribution in [0.5, 0.6) is 5.75 Å². The number of nitrogens with one attached hydrogen (secondary N) is 2. The average molecular weight is 397 g/mol. The van der Waals surface area contributed by atoms with Gasteiger partial charge in [0.25, 0.3) is 0 Å². The Labute approximate surface area is 145 Å². The van der Waals surface area contributed by atoms with Crippen LogP contribution in [0, 0.1) is 0 Å². The van der Waals surface area contributed by atoms with Gasteiger partial charge in [0.05, 0.1) is 30.0 Å². The van der Waals surface area contributed by atoms with Gasteiger partial charge in [0.1, 0.15) is 10.6 Å². The molecule has 0 bridgehead atoms. The van der Waals surface area contributed by atoms with E-state index in [1.54, 1.807) is 0 Å². The van der Waals surface area contributed by atoms with Crippen molar-refractivity contribution in [3.63, 3.8) is 0 Å². The van der Waals surface area contributed by atoms with Crippen LogP contribution in [0.15, 0.2) is 23.1 Å². The highest BCUT2D eigenvalue weighted by Gasteiger charge is 2.39. The molecule has 0 aromatic heterocycles. The Hall–Kier alpha value is -1.36. The molecule has 0 spiro atoms. The van der Waals surface area contributed by atoms with Crippen LogP contribution in [0.3, 0.4) is 0 Å². The monoisotopic (exact) mass is 396 g/mol. The van der Waals surface area contributed by atoms with Crippen LogP contribution >= 0.6 is 11.6 Å². The number of amides is 1. The van der Waals surface area contributed by atoms with Crippen molar-refractivity contribution in [1.82, 2.24) is 4.72 Å². The predicted octanol–water partition coefficient (Wildman–Crippen LogP) is 0.336. The van der Waals surface area contributed by atoms with Gasteiger partial charge in [0.15, 0.2) is 9.84 Å². The maximum absolute atomic E-state index is 12.6. The Morgan fingerprint density at radius 3 is 2.50 bits per heavy atom. The molecule has 134 valence electrons. The van der Waals surface area contributed by atoms with Gasteiger partial charge in [-0.3, -0.25) is 4.79 Å². The summed E-state index contributed by atoms with van der Waals surface area (Å²) in [4.78, 5) is 10.9. The van der Waals surface area contributed by atoms with Crippen LogP contribution in [0.1, 0.15) is 6.92 Å². The van der Waals surface area contributed by atoms with Gasteiger partial charge in [-0.2, -0.15) is 0 Å². The van der Waals surface area contributed by atoms with E-state index in [4.69, 9.17) is 16.3 Å². The standard InChI is InChI=1S/C13H17ClN2O6S2/c1-8(17)15-9-3-4-12(22-2)13(5-9)24(20,21)16-11-7-23(18,19)6-10(11)14/h3-5,10-11,16H,6-7H2,1-2H3,(H,15,17)/t10-,11-/m1/s1. The molecule has 0 unspecified atom stereocenters. The van der Waals surface area contributed by atoms with Crippen molar-refractivity contribution in [1.29, 1.82) is 0 Å². The van der Waals surface area contributed by atoms with Crippen LogP contribution < -0.4 is 14.8 Å². The number of anilines is 1. The average Bonchev–Trinajstić information content (AvgIpc) is 2.69. The second-order valence-electron chi connectivity index (χ2n) is 5.37. The summed E-state index contributed by atoms with van der Waals surface area (Å²) in [6.07, 6.45) is 0. The first-order valence-electron chi connectivity index (χ1n) is 6.86. The van der Waals surface area contributed by atoms with E-state index >= 15 is 0 Å². The smallest absolute Gasteiger partial charge is 0.244 e. The zero-order valence-electron chi connectivity index (χ0n) is 12.9. The van der Waals surface area contributed by atoms with Crippen molar-refractivity contribution in [3.8, 4) is 5.75 Å². The van der Waals surface area contributed by atoms with Crippen molar-refractivity contribution in [2.75, 3.05) is 23.9 Å². The Bertz CT molecular complexity index is 853. The summed E-state index contributed by atoms with van der Waals surface area (Å²) in [5, 5.41) is 1.62. The summed E-state index contributed by atoms with van der Waals surface area (Å²) in [5.41, 5.74) is 0.269. The number of carbonyl (C=O) groups excluding carboxylic acids is 1. The molecule has 1 fully saturated rings. The minimum absolute atomic E-state index is 0.0589. The predicted molar refractivity (Wildman–Crippen MR) is 89.7 cm³/mol. The Morgan fingerprint density at radius 1 is 1.33 bits per heavy atom. The molecule has 1 aliphatic rings. The lowest BCUT2D eigenvalue weighted by atomic mass is 10.3. The molecular formula is C13H17ClN2O6S2. The van der Waals surface area contributed by atoms with E-state index in [0.29, 0.717) is 0 Å². The van der Waals surface area contributed by atoms with E-state index in [2.05, 4.69) is 10.0 Å². The number of carbonyl (C=O) groups is 1. The zero-order valence-corrected chi connectivity index (χ0v) is 15.3. The van der Waals surface area contributed by atoms with Gasteiger partial charge in [0, 0.05) is 12.6 Å². The summed E-state index contributed by atoms with van der Waals surface area (Å²) in [7, 11) is -6.19. The van der Waals surface area contributed by atoms with Gasteiger partial charge in [-0.1, -0.05) is 0 Å². The van der Waals surface area contributed by atoms with Gasteiger partial charge >= 0.3 is 0 Å². The molecule has 2 N–H and O–H groups in total. The first-order chi connectivity index (χ1) is 11.0. The molecule has 0 aliphatic carbocycles. The minimum atomic E-state index is -4.10. The molecule has 1 heterocycles. The van der Waals surface area contributed by atoms with Crippen LogP contribution in [0.4, 0.5) is 5.69 Å². The number of methoxy groups -OCH3 is 1. The zero-order chi connectivity index (χ0) is 18.1. The molecule has 24 heavy (non-hydrogen) atoms. The van der Waals surface area contributed by atoms with Crippen LogP contribution in [0.2, 0.25) is 0 Å². The molecule has 1 amide bonds. The molecule has 1 aliphatic heterocycles. The Morgan fingerprint density at radius 2 is 2.00 bits per heavy atom. The largest absolute Gasteiger partial charge is 0.495 e. The first-order valence-corrected chi connectivity index (χ1v) is 10.6. The molecule has 1 saturated heterocycles. The molecule has 0 radical (unpaired) electrons.